The minimum Gasteiger partial charge on any atom is -0.324 e. The number of nitrogens with one attached hydrogen (secondary N) is 1. The molecule has 0 saturated heterocycles. The van der Waals surface area contributed by atoms with Crippen molar-refractivity contribution in [3.63, 3.8) is 0 Å². The number of aryl methyl sites for hydroxylation is 1. The third kappa shape index (κ3) is 5.11. The number of amides is 1. The number of carbonyl (C=O) groups excluding carboxylic acids is 1. The van der Waals surface area contributed by atoms with Crippen LogP contribution in [-0.2, 0) is 18.4 Å². The van der Waals surface area contributed by atoms with E-state index in [1.54, 1.807) is 25.1 Å². The van der Waals surface area contributed by atoms with Crippen molar-refractivity contribution < 1.29 is 4.79 Å². The van der Waals surface area contributed by atoms with Crippen molar-refractivity contribution in [1.82, 2.24) is 19.1 Å². The maximum absolute atomic E-state index is 12.9. The van der Waals surface area contributed by atoms with E-state index in [0.717, 1.165) is 16.3 Å². The fourth-order valence-electron chi connectivity index (χ4n) is 2.99. The molecule has 3 rings (SSSR count). The van der Waals surface area contributed by atoms with Crippen molar-refractivity contribution in [2.45, 2.75) is 32.3 Å². The first kappa shape index (κ1) is 23.3. The summed E-state index contributed by atoms with van der Waals surface area (Å²) in [6, 6.07) is 4.76. The summed E-state index contributed by atoms with van der Waals surface area (Å²) < 4.78 is 2.52. The Morgan fingerprint density at radius 3 is 2.61 bits per heavy atom. The maximum atomic E-state index is 12.9. The van der Waals surface area contributed by atoms with Crippen molar-refractivity contribution in [2.75, 3.05) is 11.1 Å². The summed E-state index contributed by atoms with van der Waals surface area (Å²) in [5.74, 6) is 0.197. The standard InChI is InChI=1S/C20H21Cl2N5O3S/c1-10(2)8-27-17-16(19(29)26(4)20(27)30)18(24-11(3)23-17)31-9-15(28)25-14-7-12(21)5-6-13(14)22/h5-7,10H,8-9H2,1-4H3,(H,25,28). The monoisotopic (exact) mass is 481 g/mol. The van der Waals surface area contributed by atoms with Gasteiger partial charge in [0, 0.05) is 18.6 Å². The van der Waals surface area contributed by atoms with Crippen LogP contribution in [0.4, 0.5) is 5.69 Å². The van der Waals surface area contributed by atoms with E-state index in [9.17, 15) is 14.4 Å². The Morgan fingerprint density at radius 2 is 1.94 bits per heavy atom. The molecule has 0 aliphatic carbocycles. The van der Waals surface area contributed by atoms with Gasteiger partial charge < -0.3 is 5.32 Å². The van der Waals surface area contributed by atoms with Crippen LogP contribution in [0, 0.1) is 12.8 Å². The Morgan fingerprint density at radius 1 is 1.23 bits per heavy atom. The maximum Gasteiger partial charge on any atom is 0.332 e. The van der Waals surface area contributed by atoms with E-state index in [2.05, 4.69) is 15.3 Å². The van der Waals surface area contributed by atoms with Gasteiger partial charge in [0.2, 0.25) is 5.91 Å². The smallest absolute Gasteiger partial charge is 0.324 e. The number of fused-ring (bicyclic) bond motifs is 1. The highest BCUT2D eigenvalue weighted by Crippen LogP contribution is 2.27. The van der Waals surface area contributed by atoms with Gasteiger partial charge in [-0.1, -0.05) is 48.8 Å². The second-order valence-corrected chi connectivity index (χ2v) is 9.19. The summed E-state index contributed by atoms with van der Waals surface area (Å²) in [5, 5.41) is 4.05. The van der Waals surface area contributed by atoms with E-state index in [1.165, 1.54) is 11.6 Å². The highest BCUT2D eigenvalue weighted by atomic mass is 35.5. The zero-order valence-electron chi connectivity index (χ0n) is 17.4. The molecule has 0 radical (unpaired) electrons. The van der Waals surface area contributed by atoms with Crippen LogP contribution < -0.4 is 16.6 Å². The molecule has 1 aromatic carbocycles. The predicted molar refractivity (Wildman–Crippen MR) is 124 cm³/mol. The summed E-state index contributed by atoms with van der Waals surface area (Å²) in [7, 11) is 1.42. The number of rotatable bonds is 6. The molecule has 0 spiro atoms. The van der Waals surface area contributed by atoms with Crippen LogP contribution in [0.15, 0.2) is 32.8 Å². The number of anilines is 1. The second-order valence-electron chi connectivity index (χ2n) is 7.39. The number of benzene rings is 1. The van der Waals surface area contributed by atoms with Gasteiger partial charge in [-0.2, -0.15) is 0 Å². The molecule has 2 aromatic heterocycles. The Kier molecular flexibility index (Phi) is 7.08. The Bertz CT molecular complexity index is 1290. The van der Waals surface area contributed by atoms with Crippen molar-refractivity contribution in [2.24, 2.45) is 13.0 Å². The summed E-state index contributed by atoms with van der Waals surface area (Å²) >= 11 is 13.1. The highest BCUT2D eigenvalue weighted by Gasteiger charge is 2.19. The van der Waals surface area contributed by atoms with Crippen LogP contribution in [0.3, 0.4) is 0 Å². The molecule has 1 N–H and O–H groups in total. The molecule has 0 aliphatic heterocycles. The number of hydrogen-bond acceptors (Lipinski definition) is 6. The fraction of sp³-hybridized carbons (Fsp3) is 0.350. The molecule has 0 saturated carbocycles. The molecule has 0 unspecified atom stereocenters. The van der Waals surface area contributed by atoms with E-state index in [0.29, 0.717) is 33.1 Å². The van der Waals surface area contributed by atoms with Gasteiger partial charge in [-0.3, -0.25) is 18.7 Å². The van der Waals surface area contributed by atoms with E-state index in [1.807, 2.05) is 13.8 Å². The molecular weight excluding hydrogens is 461 g/mol. The molecule has 0 aliphatic rings. The molecule has 164 valence electrons. The molecule has 0 bridgehead atoms. The lowest BCUT2D eigenvalue weighted by Gasteiger charge is -2.15. The average Bonchev–Trinajstić information content (AvgIpc) is 2.70. The van der Waals surface area contributed by atoms with Gasteiger partial charge in [-0.15, -0.1) is 0 Å². The Hall–Kier alpha value is -2.36. The second kappa shape index (κ2) is 9.42. The SMILES string of the molecule is Cc1nc(SCC(=O)Nc2cc(Cl)ccc2Cl)c2c(=O)n(C)c(=O)n(CC(C)C)c2n1. The summed E-state index contributed by atoms with van der Waals surface area (Å²) in [6.45, 7) is 6.02. The number of hydrogen-bond donors (Lipinski definition) is 1. The number of aromatic nitrogens is 4. The van der Waals surface area contributed by atoms with Gasteiger partial charge in [0.15, 0.2) is 5.65 Å². The first-order chi connectivity index (χ1) is 14.6. The first-order valence-corrected chi connectivity index (χ1v) is 11.2. The molecule has 0 fully saturated rings. The number of nitrogens with zero attached hydrogens (tertiary/aromatic N) is 4. The van der Waals surface area contributed by atoms with Crippen molar-refractivity contribution in [3.8, 4) is 0 Å². The van der Waals surface area contributed by atoms with Gasteiger partial charge in [0.05, 0.1) is 16.5 Å². The van der Waals surface area contributed by atoms with E-state index in [4.69, 9.17) is 23.2 Å². The van der Waals surface area contributed by atoms with Crippen molar-refractivity contribution in [1.29, 1.82) is 0 Å². The number of halogens is 2. The minimum atomic E-state index is -0.499. The quantitative estimate of drug-likeness (QED) is 0.427. The minimum absolute atomic E-state index is 0.0269. The Labute approximate surface area is 192 Å². The molecular formula is C20H21Cl2N5O3S. The average molecular weight is 482 g/mol. The van der Waals surface area contributed by atoms with Crippen LogP contribution >= 0.6 is 35.0 Å². The largest absolute Gasteiger partial charge is 0.332 e. The predicted octanol–water partition coefficient (Wildman–Crippen LogP) is 3.49. The molecule has 2 heterocycles. The van der Waals surface area contributed by atoms with E-state index in [-0.39, 0.29) is 28.6 Å². The van der Waals surface area contributed by atoms with Gasteiger partial charge in [0.1, 0.15) is 16.2 Å². The Balaban J connectivity index is 1.98. The molecule has 8 nitrogen and oxygen atoms in total. The summed E-state index contributed by atoms with van der Waals surface area (Å²) in [4.78, 5) is 46.7. The number of thioether (sulfide) groups is 1. The van der Waals surface area contributed by atoms with Gasteiger partial charge >= 0.3 is 5.69 Å². The zero-order valence-corrected chi connectivity index (χ0v) is 19.7. The first-order valence-electron chi connectivity index (χ1n) is 9.44. The summed E-state index contributed by atoms with van der Waals surface area (Å²) in [6.07, 6.45) is 0. The normalized spacial score (nSPS) is 11.3. The van der Waals surface area contributed by atoms with Crippen LogP contribution in [-0.4, -0.2) is 30.8 Å². The lowest BCUT2D eigenvalue weighted by Crippen LogP contribution is -2.39. The van der Waals surface area contributed by atoms with Crippen molar-refractivity contribution in [3.05, 3.63) is 54.9 Å². The fourth-order valence-corrected chi connectivity index (χ4v) is 4.19. The van der Waals surface area contributed by atoms with Crippen LogP contribution in [0.25, 0.3) is 11.0 Å². The van der Waals surface area contributed by atoms with Crippen LogP contribution in [0.1, 0.15) is 19.7 Å². The third-order valence-electron chi connectivity index (χ3n) is 4.35. The van der Waals surface area contributed by atoms with Gasteiger partial charge in [-0.25, -0.2) is 14.8 Å². The van der Waals surface area contributed by atoms with Crippen molar-refractivity contribution >= 4 is 57.6 Å². The molecule has 3 aromatic rings. The molecule has 1 amide bonds. The van der Waals surface area contributed by atoms with Crippen LogP contribution in [0.2, 0.25) is 10.0 Å². The van der Waals surface area contributed by atoms with E-state index < -0.39 is 11.2 Å². The summed E-state index contributed by atoms with van der Waals surface area (Å²) in [5.41, 5.74) is -0.269. The zero-order chi connectivity index (χ0) is 22.9. The molecule has 31 heavy (non-hydrogen) atoms. The van der Waals surface area contributed by atoms with Gasteiger partial charge in [0.25, 0.3) is 5.56 Å². The lowest BCUT2D eigenvalue weighted by molar-refractivity contribution is -0.113. The third-order valence-corrected chi connectivity index (χ3v) is 5.89. The van der Waals surface area contributed by atoms with Crippen LogP contribution in [0.5, 0.6) is 0 Å². The topological polar surface area (TPSA) is 98.9 Å². The van der Waals surface area contributed by atoms with E-state index >= 15 is 0 Å². The molecule has 0 atom stereocenters. The number of carbonyl (C=O) groups is 1. The van der Waals surface area contributed by atoms with Gasteiger partial charge in [-0.05, 0) is 31.0 Å². The highest BCUT2D eigenvalue weighted by molar-refractivity contribution is 8.00. The lowest BCUT2D eigenvalue weighted by atomic mass is 10.2. The molecule has 11 heteroatoms.